The number of para-hydroxylation sites is 2. The zero-order valence-electron chi connectivity index (χ0n) is 14.5. The fourth-order valence-electron chi connectivity index (χ4n) is 2.32. The first-order valence-electron chi connectivity index (χ1n) is 8.13. The van der Waals surface area contributed by atoms with Crippen molar-refractivity contribution in [3.63, 3.8) is 0 Å². The van der Waals surface area contributed by atoms with E-state index in [0.717, 1.165) is 11.0 Å². The molecule has 0 aliphatic heterocycles. The summed E-state index contributed by atoms with van der Waals surface area (Å²) in [5, 5.41) is 2.58. The number of alkyl halides is 3. The van der Waals surface area contributed by atoms with E-state index < -0.39 is 37.0 Å². The summed E-state index contributed by atoms with van der Waals surface area (Å²) in [4.78, 5) is 27.0. The lowest BCUT2D eigenvalue weighted by atomic mass is 10.1. The lowest BCUT2D eigenvalue weighted by molar-refractivity contribution is -0.153. The number of nitrogens with zero attached hydrogens (tertiary/aromatic N) is 2. The lowest BCUT2D eigenvalue weighted by Gasteiger charge is -2.11. The van der Waals surface area contributed by atoms with Gasteiger partial charge in [0.2, 0.25) is 5.82 Å². The van der Waals surface area contributed by atoms with E-state index in [2.05, 4.69) is 10.3 Å². The first kappa shape index (κ1) is 19.7. The van der Waals surface area contributed by atoms with Crippen LogP contribution in [0, 0.1) is 5.92 Å². The van der Waals surface area contributed by atoms with Gasteiger partial charge in [0.05, 0.1) is 11.0 Å². The van der Waals surface area contributed by atoms with Crippen molar-refractivity contribution in [1.29, 1.82) is 0 Å². The Kier molecular flexibility index (Phi) is 6.23. The van der Waals surface area contributed by atoms with Crippen molar-refractivity contribution in [1.82, 2.24) is 14.9 Å². The minimum atomic E-state index is -4.71. The molecule has 1 N–H and O–H groups in total. The Morgan fingerprint density at radius 2 is 1.96 bits per heavy atom. The van der Waals surface area contributed by atoms with Gasteiger partial charge in [-0.25, -0.2) is 4.98 Å². The molecule has 0 aliphatic carbocycles. The van der Waals surface area contributed by atoms with Gasteiger partial charge in [0.25, 0.3) is 5.91 Å². The van der Waals surface area contributed by atoms with Crippen LogP contribution in [0.2, 0.25) is 0 Å². The fourth-order valence-corrected chi connectivity index (χ4v) is 2.32. The van der Waals surface area contributed by atoms with Gasteiger partial charge < -0.3 is 14.6 Å². The van der Waals surface area contributed by atoms with Crippen LogP contribution in [-0.2, 0) is 27.0 Å². The van der Waals surface area contributed by atoms with Crippen LogP contribution < -0.4 is 5.32 Å². The monoisotopic (exact) mass is 371 g/mol. The molecule has 0 radical (unpaired) electrons. The van der Waals surface area contributed by atoms with E-state index in [1.165, 1.54) is 12.1 Å². The van der Waals surface area contributed by atoms with Gasteiger partial charge in [-0.3, -0.25) is 9.59 Å². The number of ether oxygens (including phenoxy) is 1. The Balaban J connectivity index is 2.02. The number of aromatic nitrogens is 2. The number of halogens is 3. The van der Waals surface area contributed by atoms with E-state index in [0.29, 0.717) is 12.5 Å². The Labute approximate surface area is 148 Å². The molecule has 0 saturated carbocycles. The zero-order valence-corrected chi connectivity index (χ0v) is 14.5. The molecule has 0 fully saturated rings. The molecule has 1 heterocycles. The number of imidazole rings is 1. The smallest absolute Gasteiger partial charge is 0.449 e. The third-order valence-electron chi connectivity index (χ3n) is 3.60. The highest BCUT2D eigenvalue weighted by Crippen LogP contribution is 2.31. The quantitative estimate of drug-likeness (QED) is 0.760. The molecule has 0 spiro atoms. The molecule has 2 rings (SSSR count). The summed E-state index contributed by atoms with van der Waals surface area (Å²) in [5.41, 5.74) is 0.289. The maximum atomic E-state index is 13.2. The summed E-state index contributed by atoms with van der Waals surface area (Å²) >= 11 is 0. The molecule has 0 atom stereocenters. The number of carbonyl (C=O) groups is 2. The van der Waals surface area contributed by atoms with Gasteiger partial charge in [-0.2, -0.15) is 13.2 Å². The van der Waals surface area contributed by atoms with Crippen molar-refractivity contribution in [2.24, 2.45) is 5.92 Å². The SMILES string of the molecule is CC(C)CCNC(=O)COC(=O)Cn1c(C(F)(F)F)nc2ccccc21. The highest BCUT2D eigenvalue weighted by Gasteiger charge is 2.38. The molecule has 9 heteroatoms. The van der Waals surface area contributed by atoms with E-state index in [4.69, 9.17) is 4.74 Å². The van der Waals surface area contributed by atoms with Crippen LogP contribution >= 0.6 is 0 Å². The Morgan fingerprint density at radius 1 is 1.27 bits per heavy atom. The number of amides is 1. The number of hydrogen-bond donors (Lipinski definition) is 1. The number of nitrogens with one attached hydrogen (secondary N) is 1. The van der Waals surface area contributed by atoms with Crippen molar-refractivity contribution in [2.45, 2.75) is 33.0 Å². The topological polar surface area (TPSA) is 73.2 Å². The van der Waals surface area contributed by atoms with E-state index in [1.807, 2.05) is 13.8 Å². The van der Waals surface area contributed by atoms with Gasteiger partial charge in [-0.05, 0) is 24.5 Å². The molecule has 1 aromatic heterocycles. The van der Waals surface area contributed by atoms with Crippen LogP contribution in [0.15, 0.2) is 24.3 Å². The lowest BCUT2D eigenvalue weighted by Crippen LogP contribution is -2.31. The Bertz CT molecular complexity index is 784. The molecule has 26 heavy (non-hydrogen) atoms. The predicted molar refractivity (Wildman–Crippen MR) is 88.2 cm³/mol. The van der Waals surface area contributed by atoms with Crippen LogP contribution in [0.5, 0.6) is 0 Å². The van der Waals surface area contributed by atoms with Crippen LogP contribution in [0.4, 0.5) is 13.2 Å². The first-order chi connectivity index (χ1) is 12.2. The molecule has 1 amide bonds. The molecule has 2 aromatic rings. The van der Waals surface area contributed by atoms with Crippen molar-refractivity contribution in [2.75, 3.05) is 13.2 Å². The summed E-state index contributed by atoms with van der Waals surface area (Å²) in [6.45, 7) is 3.22. The minimum Gasteiger partial charge on any atom is -0.454 e. The molecular formula is C17H20F3N3O3. The van der Waals surface area contributed by atoms with Crippen molar-refractivity contribution >= 4 is 22.9 Å². The number of rotatable bonds is 7. The summed E-state index contributed by atoms with van der Waals surface area (Å²) < 4.78 is 45.0. The van der Waals surface area contributed by atoms with Crippen molar-refractivity contribution in [3.8, 4) is 0 Å². The van der Waals surface area contributed by atoms with Gasteiger partial charge in [-0.15, -0.1) is 0 Å². The van der Waals surface area contributed by atoms with E-state index in [1.54, 1.807) is 12.1 Å². The average Bonchev–Trinajstić information content (AvgIpc) is 2.92. The molecule has 0 unspecified atom stereocenters. The molecule has 6 nitrogen and oxygen atoms in total. The van der Waals surface area contributed by atoms with E-state index in [9.17, 15) is 22.8 Å². The maximum absolute atomic E-state index is 13.2. The maximum Gasteiger partial charge on any atom is 0.449 e. The highest BCUT2D eigenvalue weighted by molar-refractivity contribution is 5.82. The van der Waals surface area contributed by atoms with Crippen LogP contribution in [0.25, 0.3) is 11.0 Å². The van der Waals surface area contributed by atoms with Crippen LogP contribution in [0.1, 0.15) is 26.1 Å². The second-order valence-corrected chi connectivity index (χ2v) is 6.20. The largest absolute Gasteiger partial charge is 0.454 e. The van der Waals surface area contributed by atoms with Gasteiger partial charge in [0, 0.05) is 6.54 Å². The molecule has 0 bridgehead atoms. The van der Waals surface area contributed by atoms with Gasteiger partial charge >= 0.3 is 12.1 Å². The number of benzene rings is 1. The highest BCUT2D eigenvalue weighted by atomic mass is 19.4. The molecule has 0 aliphatic rings. The second-order valence-electron chi connectivity index (χ2n) is 6.20. The number of hydrogen-bond acceptors (Lipinski definition) is 4. The predicted octanol–water partition coefficient (Wildman–Crippen LogP) is 2.76. The summed E-state index contributed by atoms with van der Waals surface area (Å²) in [5.74, 6) is -2.21. The minimum absolute atomic E-state index is 0.124. The number of esters is 1. The summed E-state index contributed by atoms with van der Waals surface area (Å²) in [7, 11) is 0. The Morgan fingerprint density at radius 3 is 2.62 bits per heavy atom. The molecule has 0 saturated heterocycles. The molecule has 142 valence electrons. The van der Waals surface area contributed by atoms with Crippen molar-refractivity contribution < 1.29 is 27.5 Å². The van der Waals surface area contributed by atoms with E-state index in [-0.39, 0.29) is 11.0 Å². The normalized spacial score (nSPS) is 11.8. The number of carbonyl (C=O) groups excluding carboxylic acids is 2. The van der Waals surface area contributed by atoms with Crippen LogP contribution in [-0.4, -0.2) is 34.6 Å². The van der Waals surface area contributed by atoms with Gasteiger partial charge in [0.1, 0.15) is 6.54 Å². The third-order valence-corrected chi connectivity index (χ3v) is 3.60. The van der Waals surface area contributed by atoms with E-state index >= 15 is 0 Å². The molecular weight excluding hydrogens is 351 g/mol. The van der Waals surface area contributed by atoms with Crippen molar-refractivity contribution in [3.05, 3.63) is 30.1 Å². The van der Waals surface area contributed by atoms with Gasteiger partial charge in [-0.1, -0.05) is 26.0 Å². The Hall–Kier alpha value is -2.58. The van der Waals surface area contributed by atoms with Crippen LogP contribution in [0.3, 0.4) is 0 Å². The second kappa shape index (κ2) is 8.20. The first-order valence-corrected chi connectivity index (χ1v) is 8.13. The standard InChI is InChI=1S/C17H20F3N3O3/c1-11(2)7-8-21-14(24)10-26-15(25)9-23-13-6-4-3-5-12(13)22-16(23)17(18,19)20/h3-6,11H,7-10H2,1-2H3,(H,21,24). The number of fused-ring (bicyclic) bond motifs is 1. The average molecular weight is 371 g/mol. The summed E-state index contributed by atoms with van der Waals surface area (Å²) in [6.07, 6.45) is -3.94. The van der Waals surface area contributed by atoms with Gasteiger partial charge in [0.15, 0.2) is 6.61 Å². The third kappa shape index (κ3) is 5.21. The molecule has 1 aromatic carbocycles. The fraction of sp³-hybridized carbons (Fsp3) is 0.471. The summed E-state index contributed by atoms with van der Waals surface area (Å²) in [6, 6.07) is 5.96. The zero-order chi connectivity index (χ0) is 19.3.